The lowest BCUT2D eigenvalue weighted by Gasteiger charge is -2.24. The van der Waals surface area contributed by atoms with E-state index in [1.54, 1.807) is 11.8 Å². The molecule has 112 valence electrons. The molecule has 0 saturated heterocycles. The molecule has 5 heteroatoms. The number of rotatable bonds is 5. The van der Waals surface area contributed by atoms with Crippen molar-refractivity contribution in [1.29, 1.82) is 0 Å². The Morgan fingerprint density at radius 3 is 2.81 bits per heavy atom. The maximum atomic E-state index is 12.8. The van der Waals surface area contributed by atoms with Gasteiger partial charge in [-0.05, 0) is 31.4 Å². The molecule has 2 aliphatic rings. The number of nitrogens with one attached hydrogen (secondary N) is 1. The highest BCUT2D eigenvalue weighted by molar-refractivity contribution is 5.91. The molecule has 1 N–H and O–H groups in total. The van der Waals surface area contributed by atoms with Crippen molar-refractivity contribution in [3.05, 3.63) is 29.8 Å². The second-order valence-electron chi connectivity index (χ2n) is 5.52. The minimum atomic E-state index is -0.322. The van der Waals surface area contributed by atoms with Crippen molar-refractivity contribution >= 4 is 17.6 Å². The monoisotopic (exact) mass is 288 g/mol. The van der Waals surface area contributed by atoms with Crippen LogP contribution in [0.5, 0.6) is 0 Å². The van der Waals surface area contributed by atoms with E-state index in [-0.39, 0.29) is 30.4 Å². The van der Waals surface area contributed by atoms with E-state index in [0.717, 1.165) is 24.1 Å². The normalized spacial score (nSPS) is 19.6. The first kappa shape index (κ1) is 13.9. The lowest BCUT2D eigenvalue weighted by atomic mass is 10.00. The number of para-hydroxylation sites is 1. The molecule has 21 heavy (non-hydrogen) atoms. The highest BCUT2D eigenvalue weighted by Gasteiger charge is 2.39. The van der Waals surface area contributed by atoms with Gasteiger partial charge in [0.05, 0.1) is 12.5 Å². The molecular weight excluding hydrogens is 268 g/mol. The van der Waals surface area contributed by atoms with Crippen LogP contribution in [0.3, 0.4) is 0 Å². The molecule has 0 aromatic heterocycles. The van der Waals surface area contributed by atoms with Crippen molar-refractivity contribution in [2.45, 2.75) is 31.7 Å². The number of carbonyl (C=O) groups excluding carboxylic acids is 2. The van der Waals surface area contributed by atoms with E-state index in [9.17, 15) is 9.59 Å². The van der Waals surface area contributed by atoms with Crippen molar-refractivity contribution < 1.29 is 14.3 Å². The van der Waals surface area contributed by atoms with Gasteiger partial charge in [0, 0.05) is 18.3 Å². The second-order valence-corrected chi connectivity index (χ2v) is 5.52. The largest absolute Gasteiger partial charge is 0.465 e. The van der Waals surface area contributed by atoms with Crippen LogP contribution in [0, 0.1) is 0 Å². The van der Waals surface area contributed by atoms with Gasteiger partial charge in [-0.15, -0.1) is 0 Å². The molecule has 1 aliphatic carbocycles. The molecule has 0 spiro atoms. The summed E-state index contributed by atoms with van der Waals surface area (Å²) in [7, 11) is 0. The first-order valence-corrected chi connectivity index (χ1v) is 7.49. The van der Waals surface area contributed by atoms with Gasteiger partial charge in [-0.25, -0.2) is 0 Å². The van der Waals surface area contributed by atoms with Crippen molar-refractivity contribution in [1.82, 2.24) is 4.90 Å². The number of carbonyl (C=O) groups is 2. The quantitative estimate of drug-likeness (QED) is 0.839. The predicted octanol–water partition coefficient (Wildman–Crippen LogP) is 1.75. The SMILES string of the molecule is CCOC(=O)CN(C(=O)C1CNc2ccccc21)C1CC1. The van der Waals surface area contributed by atoms with Gasteiger partial charge in [0.2, 0.25) is 5.91 Å². The maximum Gasteiger partial charge on any atom is 0.325 e. The molecule has 1 aromatic rings. The third kappa shape index (κ3) is 2.86. The Labute approximate surface area is 124 Å². The van der Waals surface area contributed by atoms with Crippen LogP contribution in [0.4, 0.5) is 5.69 Å². The highest BCUT2D eigenvalue weighted by atomic mass is 16.5. The molecule has 5 nitrogen and oxygen atoms in total. The number of esters is 1. The molecule has 1 unspecified atom stereocenters. The maximum absolute atomic E-state index is 12.8. The minimum absolute atomic E-state index is 0.0306. The number of anilines is 1. The van der Waals surface area contributed by atoms with Crippen LogP contribution in [0.1, 0.15) is 31.2 Å². The molecule has 0 bridgehead atoms. The summed E-state index contributed by atoms with van der Waals surface area (Å²) in [4.78, 5) is 26.2. The summed E-state index contributed by atoms with van der Waals surface area (Å²) in [5.41, 5.74) is 2.04. The fourth-order valence-electron chi connectivity index (χ4n) is 2.82. The first-order valence-electron chi connectivity index (χ1n) is 7.49. The summed E-state index contributed by atoms with van der Waals surface area (Å²) < 4.78 is 4.98. The van der Waals surface area contributed by atoms with Crippen LogP contribution in [-0.4, -0.2) is 42.5 Å². The zero-order valence-electron chi connectivity index (χ0n) is 12.2. The average Bonchev–Trinajstić information content (AvgIpc) is 3.23. The van der Waals surface area contributed by atoms with E-state index in [1.165, 1.54) is 0 Å². The summed E-state index contributed by atoms with van der Waals surface area (Å²) in [6.07, 6.45) is 1.96. The predicted molar refractivity (Wildman–Crippen MR) is 79.0 cm³/mol. The fraction of sp³-hybridized carbons (Fsp3) is 0.500. The van der Waals surface area contributed by atoms with Crippen LogP contribution in [-0.2, 0) is 14.3 Å². The summed E-state index contributed by atoms with van der Waals surface area (Å²) in [5.74, 6) is -0.490. The van der Waals surface area contributed by atoms with Gasteiger partial charge >= 0.3 is 5.97 Å². The zero-order valence-corrected chi connectivity index (χ0v) is 12.2. The molecule has 1 aromatic carbocycles. The van der Waals surface area contributed by atoms with Crippen LogP contribution in [0.2, 0.25) is 0 Å². The minimum Gasteiger partial charge on any atom is -0.465 e. The van der Waals surface area contributed by atoms with Gasteiger partial charge in [0.1, 0.15) is 6.54 Å². The van der Waals surface area contributed by atoms with E-state index in [2.05, 4.69) is 5.32 Å². The van der Waals surface area contributed by atoms with E-state index in [1.807, 2.05) is 24.3 Å². The average molecular weight is 288 g/mol. The Balaban J connectivity index is 1.75. The lowest BCUT2D eigenvalue weighted by Crippen LogP contribution is -2.41. The third-order valence-corrected chi connectivity index (χ3v) is 4.01. The van der Waals surface area contributed by atoms with Crippen LogP contribution < -0.4 is 5.32 Å². The van der Waals surface area contributed by atoms with Gasteiger partial charge in [0.25, 0.3) is 0 Å². The molecule has 1 fully saturated rings. The van der Waals surface area contributed by atoms with Crippen molar-refractivity contribution in [2.24, 2.45) is 0 Å². The number of fused-ring (bicyclic) bond motifs is 1. The zero-order chi connectivity index (χ0) is 14.8. The van der Waals surface area contributed by atoms with Crippen molar-refractivity contribution in [3.8, 4) is 0 Å². The van der Waals surface area contributed by atoms with Gasteiger partial charge in [0.15, 0.2) is 0 Å². The fourth-order valence-corrected chi connectivity index (χ4v) is 2.82. The van der Waals surface area contributed by atoms with E-state index in [0.29, 0.717) is 13.2 Å². The van der Waals surface area contributed by atoms with Gasteiger partial charge in [-0.1, -0.05) is 18.2 Å². The van der Waals surface area contributed by atoms with Gasteiger partial charge in [-0.3, -0.25) is 9.59 Å². The molecule has 1 aliphatic heterocycles. The highest BCUT2D eigenvalue weighted by Crippen LogP contribution is 2.35. The number of ether oxygens (including phenoxy) is 1. The third-order valence-electron chi connectivity index (χ3n) is 4.01. The standard InChI is InChI=1S/C16H20N2O3/c1-2-21-15(19)10-18(11-7-8-11)16(20)13-9-17-14-6-4-3-5-12(13)14/h3-6,11,13,17H,2,7-10H2,1H3. The van der Waals surface area contributed by atoms with E-state index < -0.39 is 0 Å². The summed E-state index contributed by atoms with van der Waals surface area (Å²) >= 11 is 0. The molecule has 3 rings (SSSR count). The second kappa shape index (κ2) is 5.76. The van der Waals surface area contributed by atoms with E-state index in [4.69, 9.17) is 4.74 Å². The summed E-state index contributed by atoms with van der Waals surface area (Å²) in [5, 5.41) is 3.26. The smallest absolute Gasteiger partial charge is 0.325 e. The lowest BCUT2D eigenvalue weighted by molar-refractivity contribution is -0.149. The molecule has 0 radical (unpaired) electrons. The molecule has 1 atom stereocenters. The van der Waals surface area contributed by atoms with Crippen LogP contribution in [0.25, 0.3) is 0 Å². The number of benzene rings is 1. The van der Waals surface area contributed by atoms with Gasteiger partial charge < -0.3 is 15.0 Å². The van der Waals surface area contributed by atoms with Gasteiger partial charge in [-0.2, -0.15) is 0 Å². The van der Waals surface area contributed by atoms with Crippen LogP contribution >= 0.6 is 0 Å². The number of amides is 1. The Kier molecular flexibility index (Phi) is 3.82. The van der Waals surface area contributed by atoms with E-state index >= 15 is 0 Å². The number of hydrogen-bond acceptors (Lipinski definition) is 4. The Morgan fingerprint density at radius 2 is 2.10 bits per heavy atom. The Hall–Kier alpha value is -2.04. The summed E-state index contributed by atoms with van der Waals surface area (Å²) in [6.45, 7) is 2.79. The Bertz CT molecular complexity index is 554. The number of hydrogen-bond donors (Lipinski definition) is 1. The van der Waals surface area contributed by atoms with Crippen molar-refractivity contribution in [2.75, 3.05) is 25.0 Å². The van der Waals surface area contributed by atoms with Crippen LogP contribution in [0.15, 0.2) is 24.3 Å². The number of nitrogens with zero attached hydrogens (tertiary/aromatic N) is 1. The molecule has 1 saturated carbocycles. The first-order chi connectivity index (χ1) is 10.2. The molecule has 1 heterocycles. The Morgan fingerprint density at radius 1 is 1.33 bits per heavy atom. The summed E-state index contributed by atoms with van der Waals surface area (Å²) in [6, 6.07) is 8.06. The molecule has 1 amide bonds. The van der Waals surface area contributed by atoms with Crippen molar-refractivity contribution in [3.63, 3.8) is 0 Å². The topological polar surface area (TPSA) is 58.6 Å². The molecular formula is C16H20N2O3.